The molecule has 6 heteroatoms. The summed E-state index contributed by atoms with van der Waals surface area (Å²) in [4.78, 5) is 9.73. The van der Waals surface area contributed by atoms with Gasteiger partial charge < -0.3 is 15.1 Å². The first kappa shape index (κ1) is 15.8. The molecule has 5 nitrogen and oxygen atoms in total. The van der Waals surface area contributed by atoms with E-state index >= 15 is 0 Å². The highest BCUT2D eigenvalue weighted by Gasteiger charge is 2.01. The molecule has 0 bridgehead atoms. The van der Waals surface area contributed by atoms with E-state index in [1.54, 1.807) is 17.6 Å². The van der Waals surface area contributed by atoms with Gasteiger partial charge >= 0.3 is 0 Å². The maximum absolute atomic E-state index is 5.03. The van der Waals surface area contributed by atoms with Gasteiger partial charge in [-0.05, 0) is 34.9 Å². The Morgan fingerprint density at radius 3 is 2.21 bits per heavy atom. The van der Waals surface area contributed by atoms with Gasteiger partial charge in [-0.15, -0.1) is 11.3 Å². The Morgan fingerprint density at radius 2 is 1.79 bits per heavy atom. The molecule has 0 aliphatic rings. The molecule has 0 fully saturated rings. The summed E-state index contributed by atoms with van der Waals surface area (Å²) in [5.41, 5.74) is 2.09. The van der Waals surface area contributed by atoms with Crippen molar-refractivity contribution in [1.82, 2.24) is 20.6 Å². The van der Waals surface area contributed by atoms with Crippen molar-refractivity contribution in [2.45, 2.75) is 33.9 Å². The van der Waals surface area contributed by atoms with Crippen molar-refractivity contribution < 1.29 is 4.42 Å². The number of rotatable bonds is 4. The number of aromatic nitrogens is 2. The minimum absolute atomic E-state index is 0.702. The topological polar surface area (TPSA) is 63.0 Å². The van der Waals surface area contributed by atoms with Crippen molar-refractivity contribution in [3.63, 3.8) is 0 Å². The molecule has 2 aromatic heterocycles. The molecule has 0 aliphatic carbocycles. The molecule has 0 unspecified atom stereocenters. The zero-order valence-corrected chi connectivity index (χ0v) is 13.0. The highest BCUT2D eigenvalue weighted by Crippen LogP contribution is 2.15. The van der Waals surface area contributed by atoms with Gasteiger partial charge in [0.25, 0.3) is 0 Å². The van der Waals surface area contributed by atoms with Crippen LogP contribution < -0.4 is 10.6 Å². The van der Waals surface area contributed by atoms with E-state index in [0.29, 0.717) is 6.54 Å². The molecule has 2 rings (SSSR count). The molecule has 0 amide bonds. The van der Waals surface area contributed by atoms with E-state index in [0.717, 1.165) is 28.8 Å². The van der Waals surface area contributed by atoms with Crippen LogP contribution in [0.5, 0.6) is 0 Å². The summed E-state index contributed by atoms with van der Waals surface area (Å²) in [7, 11) is 3.81. The van der Waals surface area contributed by atoms with E-state index in [2.05, 4.69) is 27.5 Å². The summed E-state index contributed by atoms with van der Waals surface area (Å²) >= 11 is 1.77. The van der Waals surface area contributed by atoms with Crippen molar-refractivity contribution in [2.75, 3.05) is 14.1 Å². The quantitative estimate of drug-likeness (QED) is 0.900. The maximum atomic E-state index is 5.03. The van der Waals surface area contributed by atoms with Crippen LogP contribution in [0, 0.1) is 20.8 Å². The van der Waals surface area contributed by atoms with Gasteiger partial charge in [0.05, 0.1) is 22.9 Å². The summed E-state index contributed by atoms with van der Waals surface area (Å²) in [6.45, 7) is 7.64. The van der Waals surface area contributed by atoms with Gasteiger partial charge in [0.15, 0.2) is 0 Å². The third-order valence-electron chi connectivity index (χ3n) is 2.33. The second-order valence-electron chi connectivity index (χ2n) is 4.18. The predicted molar refractivity (Wildman–Crippen MR) is 78.4 cm³/mol. The van der Waals surface area contributed by atoms with Crippen LogP contribution in [0.1, 0.15) is 27.2 Å². The average Bonchev–Trinajstić information content (AvgIpc) is 2.88. The number of hydrogen-bond donors (Lipinski definition) is 2. The Morgan fingerprint density at radius 1 is 1.11 bits per heavy atom. The number of hydrogen-bond acceptors (Lipinski definition) is 6. The van der Waals surface area contributed by atoms with Crippen LogP contribution in [0.2, 0.25) is 0 Å². The molecular formula is C13H22N4OS. The van der Waals surface area contributed by atoms with Crippen LogP contribution in [-0.4, -0.2) is 24.1 Å². The molecule has 0 aliphatic heterocycles. The minimum Gasteiger partial charge on any atom is -0.447 e. The van der Waals surface area contributed by atoms with Crippen molar-refractivity contribution in [3.8, 4) is 0 Å². The van der Waals surface area contributed by atoms with Crippen LogP contribution in [0.15, 0.2) is 10.7 Å². The zero-order chi connectivity index (χ0) is 14.3. The predicted octanol–water partition coefficient (Wildman–Crippen LogP) is 2.18. The summed E-state index contributed by atoms with van der Waals surface area (Å²) < 4.78 is 5.03. The highest BCUT2D eigenvalue weighted by atomic mass is 32.1. The lowest BCUT2D eigenvalue weighted by Gasteiger charge is -1.93. The molecule has 0 atom stereocenters. The summed E-state index contributed by atoms with van der Waals surface area (Å²) in [6, 6.07) is 0. The lowest BCUT2D eigenvalue weighted by molar-refractivity contribution is 0.480. The van der Waals surface area contributed by atoms with Gasteiger partial charge in [0.2, 0.25) is 5.89 Å². The molecule has 0 saturated heterocycles. The molecular weight excluding hydrogens is 260 g/mol. The van der Waals surface area contributed by atoms with E-state index in [-0.39, 0.29) is 0 Å². The monoisotopic (exact) mass is 282 g/mol. The van der Waals surface area contributed by atoms with Crippen LogP contribution >= 0.6 is 11.3 Å². The van der Waals surface area contributed by atoms with E-state index in [1.165, 1.54) is 4.88 Å². The standard InChI is InChI=1S/C7H12N2S.C6H10N2O/c1-5-7(4-8-3)10-6(2)9-5;1-5-4-9-6(8-5)3-7-2/h8H,4H2,1-3H3;4,7H,3H2,1-2H3. The first-order chi connectivity index (χ1) is 9.06. The largest absolute Gasteiger partial charge is 0.447 e. The number of aryl methyl sites for hydroxylation is 3. The fourth-order valence-electron chi connectivity index (χ4n) is 1.53. The van der Waals surface area contributed by atoms with Gasteiger partial charge in [-0.1, -0.05) is 0 Å². The van der Waals surface area contributed by atoms with Crippen molar-refractivity contribution in [1.29, 1.82) is 0 Å². The molecule has 2 heterocycles. The normalized spacial score (nSPS) is 10.2. The second kappa shape index (κ2) is 8.04. The van der Waals surface area contributed by atoms with Crippen molar-refractivity contribution in [2.24, 2.45) is 0 Å². The van der Waals surface area contributed by atoms with E-state index in [1.807, 2.05) is 27.9 Å². The highest BCUT2D eigenvalue weighted by molar-refractivity contribution is 7.11. The zero-order valence-electron chi connectivity index (χ0n) is 12.2. The average molecular weight is 282 g/mol. The van der Waals surface area contributed by atoms with Crippen molar-refractivity contribution in [3.05, 3.63) is 33.4 Å². The molecule has 0 aromatic carbocycles. The van der Waals surface area contributed by atoms with E-state index < -0.39 is 0 Å². The smallest absolute Gasteiger partial charge is 0.208 e. The minimum atomic E-state index is 0.702. The van der Waals surface area contributed by atoms with E-state index in [9.17, 15) is 0 Å². The first-order valence-electron chi connectivity index (χ1n) is 6.20. The Balaban J connectivity index is 0.000000191. The summed E-state index contributed by atoms with van der Waals surface area (Å²) in [5, 5.41) is 7.20. The van der Waals surface area contributed by atoms with Gasteiger partial charge in [0, 0.05) is 11.4 Å². The molecule has 0 radical (unpaired) electrons. The van der Waals surface area contributed by atoms with Crippen LogP contribution in [0.25, 0.3) is 0 Å². The van der Waals surface area contributed by atoms with Crippen LogP contribution in [0.3, 0.4) is 0 Å². The van der Waals surface area contributed by atoms with Crippen molar-refractivity contribution >= 4 is 11.3 Å². The molecule has 2 N–H and O–H groups in total. The maximum Gasteiger partial charge on any atom is 0.208 e. The summed E-state index contributed by atoms with van der Waals surface area (Å²) in [5.74, 6) is 0.745. The van der Waals surface area contributed by atoms with Gasteiger partial charge in [-0.3, -0.25) is 0 Å². The molecule has 0 saturated carbocycles. The fraction of sp³-hybridized carbons (Fsp3) is 0.538. The second-order valence-corrected chi connectivity index (χ2v) is 5.47. The van der Waals surface area contributed by atoms with Crippen LogP contribution in [-0.2, 0) is 13.1 Å². The number of nitrogens with one attached hydrogen (secondary N) is 2. The first-order valence-corrected chi connectivity index (χ1v) is 7.01. The summed E-state index contributed by atoms with van der Waals surface area (Å²) in [6.07, 6.45) is 1.65. The number of oxazole rings is 1. The lowest BCUT2D eigenvalue weighted by Crippen LogP contribution is -2.04. The Labute approximate surface area is 118 Å². The fourth-order valence-corrected chi connectivity index (χ4v) is 2.48. The SMILES string of the molecule is CNCc1nc(C)co1.CNCc1sc(C)nc1C. The Kier molecular flexibility index (Phi) is 6.69. The molecule has 2 aromatic rings. The lowest BCUT2D eigenvalue weighted by atomic mass is 10.4. The van der Waals surface area contributed by atoms with E-state index in [4.69, 9.17) is 4.42 Å². The van der Waals surface area contributed by atoms with Crippen LogP contribution in [0.4, 0.5) is 0 Å². The Hall–Kier alpha value is -1.24. The van der Waals surface area contributed by atoms with Gasteiger partial charge in [0.1, 0.15) is 6.26 Å². The Bertz CT molecular complexity index is 493. The molecule has 19 heavy (non-hydrogen) atoms. The molecule has 106 valence electrons. The third-order valence-corrected chi connectivity index (χ3v) is 3.40. The number of nitrogens with zero attached hydrogens (tertiary/aromatic N) is 2. The van der Waals surface area contributed by atoms with Gasteiger partial charge in [-0.2, -0.15) is 0 Å². The number of thiazole rings is 1. The molecule has 0 spiro atoms. The van der Waals surface area contributed by atoms with Gasteiger partial charge in [-0.25, -0.2) is 9.97 Å². The third kappa shape index (κ3) is 5.50.